The van der Waals surface area contributed by atoms with Gasteiger partial charge in [-0.1, -0.05) is 0 Å². The standard InChI is InChI=1S/C13H16ClN5O/c1-7-4-5-15-10(6-7)12-17-11(18-19-12)9(3)16-13(20)8(2)14/h4-6,8-9H,1-3H3,(H,16,20)(H,17,18,19). The number of H-pyrrole nitrogens is 1. The first-order valence-electron chi connectivity index (χ1n) is 6.27. The zero-order chi connectivity index (χ0) is 14.7. The van der Waals surface area contributed by atoms with Crippen LogP contribution in [0.15, 0.2) is 18.3 Å². The first-order chi connectivity index (χ1) is 9.47. The van der Waals surface area contributed by atoms with Gasteiger partial charge < -0.3 is 5.32 Å². The highest BCUT2D eigenvalue weighted by Gasteiger charge is 2.17. The van der Waals surface area contributed by atoms with E-state index >= 15 is 0 Å². The third-order valence-corrected chi connectivity index (χ3v) is 2.98. The minimum absolute atomic E-state index is 0.245. The molecule has 0 spiro atoms. The van der Waals surface area contributed by atoms with Crippen LogP contribution in [0.2, 0.25) is 0 Å². The van der Waals surface area contributed by atoms with Gasteiger partial charge in [0.25, 0.3) is 0 Å². The number of carbonyl (C=O) groups excluding carboxylic acids is 1. The zero-order valence-electron chi connectivity index (χ0n) is 11.5. The van der Waals surface area contributed by atoms with Gasteiger partial charge >= 0.3 is 0 Å². The lowest BCUT2D eigenvalue weighted by Crippen LogP contribution is -2.32. The van der Waals surface area contributed by atoms with Gasteiger partial charge in [0.05, 0.1) is 6.04 Å². The van der Waals surface area contributed by atoms with Crippen LogP contribution in [0.1, 0.15) is 31.3 Å². The zero-order valence-corrected chi connectivity index (χ0v) is 12.3. The number of aromatic amines is 1. The summed E-state index contributed by atoms with van der Waals surface area (Å²) < 4.78 is 0. The predicted octanol–water partition coefficient (Wildman–Crippen LogP) is 1.98. The molecular weight excluding hydrogens is 278 g/mol. The molecule has 0 aliphatic carbocycles. The average Bonchev–Trinajstić information content (AvgIpc) is 2.88. The molecule has 1 amide bonds. The monoisotopic (exact) mass is 293 g/mol. The SMILES string of the molecule is Cc1ccnc(-c2n[nH]c(C(C)NC(=O)C(C)Cl)n2)c1. The maximum absolute atomic E-state index is 11.5. The fraction of sp³-hybridized carbons (Fsp3) is 0.385. The van der Waals surface area contributed by atoms with Gasteiger partial charge in [0.2, 0.25) is 5.91 Å². The van der Waals surface area contributed by atoms with Crippen molar-refractivity contribution < 1.29 is 4.79 Å². The molecule has 0 saturated heterocycles. The summed E-state index contributed by atoms with van der Waals surface area (Å²) in [5.41, 5.74) is 1.77. The molecule has 7 heteroatoms. The molecular formula is C13H16ClN5O. The van der Waals surface area contributed by atoms with E-state index in [1.807, 2.05) is 26.0 Å². The van der Waals surface area contributed by atoms with E-state index in [9.17, 15) is 4.79 Å². The smallest absolute Gasteiger partial charge is 0.238 e. The van der Waals surface area contributed by atoms with E-state index < -0.39 is 5.38 Å². The van der Waals surface area contributed by atoms with Crippen molar-refractivity contribution in [1.82, 2.24) is 25.5 Å². The van der Waals surface area contributed by atoms with Crippen LogP contribution < -0.4 is 5.32 Å². The number of hydrogen-bond acceptors (Lipinski definition) is 4. The number of aryl methyl sites for hydroxylation is 1. The Morgan fingerprint density at radius 1 is 1.45 bits per heavy atom. The highest BCUT2D eigenvalue weighted by Crippen LogP contribution is 2.15. The van der Waals surface area contributed by atoms with E-state index in [-0.39, 0.29) is 11.9 Å². The van der Waals surface area contributed by atoms with E-state index in [2.05, 4.69) is 25.5 Å². The van der Waals surface area contributed by atoms with Crippen molar-refractivity contribution >= 4 is 17.5 Å². The Morgan fingerprint density at radius 2 is 2.20 bits per heavy atom. The van der Waals surface area contributed by atoms with Crippen LogP contribution in [-0.4, -0.2) is 31.4 Å². The second kappa shape index (κ2) is 6.00. The highest BCUT2D eigenvalue weighted by atomic mass is 35.5. The molecule has 20 heavy (non-hydrogen) atoms. The van der Waals surface area contributed by atoms with Gasteiger partial charge in [-0.3, -0.25) is 14.9 Å². The van der Waals surface area contributed by atoms with Gasteiger partial charge in [-0.15, -0.1) is 11.6 Å². The molecule has 106 valence electrons. The lowest BCUT2D eigenvalue weighted by Gasteiger charge is -2.11. The third-order valence-electron chi connectivity index (χ3n) is 2.78. The first-order valence-corrected chi connectivity index (χ1v) is 6.71. The van der Waals surface area contributed by atoms with Crippen molar-refractivity contribution in [2.45, 2.75) is 32.2 Å². The highest BCUT2D eigenvalue weighted by molar-refractivity contribution is 6.30. The van der Waals surface area contributed by atoms with Gasteiger partial charge in [0.15, 0.2) is 5.82 Å². The van der Waals surface area contributed by atoms with Crippen LogP contribution in [0.4, 0.5) is 0 Å². The summed E-state index contributed by atoms with van der Waals surface area (Å²) >= 11 is 5.71. The average molecular weight is 294 g/mol. The number of aromatic nitrogens is 4. The van der Waals surface area contributed by atoms with Crippen LogP contribution in [0.25, 0.3) is 11.5 Å². The molecule has 2 heterocycles. The molecule has 2 rings (SSSR count). The number of carbonyl (C=O) groups is 1. The molecule has 2 N–H and O–H groups in total. The van der Waals surface area contributed by atoms with Gasteiger partial charge in [-0.2, -0.15) is 5.10 Å². The van der Waals surface area contributed by atoms with E-state index in [0.717, 1.165) is 5.56 Å². The number of rotatable bonds is 4. The summed E-state index contributed by atoms with van der Waals surface area (Å²) in [6.45, 7) is 5.40. The molecule has 0 radical (unpaired) electrons. The molecule has 2 aromatic rings. The van der Waals surface area contributed by atoms with Gasteiger partial charge in [0, 0.05) is 6.20 Å². The molecule has 2 atom stereocenters. The van der Waals surface area contributed by atoms with Crippen molar-refractivity contribution in [1.29, 1.82) is 0 Å². The summed E-state index contributed by atoms with van der Waals surface area (Å²) in [4.78, 5) is 20.1. The Morgan fingerprint density at radius 3 is 2.85 bits per heavy atom. The quantitative estimate of drug-likeness (QED) is 0.844. The van der Waals surface area contributed by atoms with E-state index in [4.69, 9.17) is 11.6 Å². The Bertz CT molecular complexity index is 610. The minimum Gasteiger partial charge on any atom is -0.345 e. The number of nitrogens with zero attached hydrogens (tertiary/aromatic N) is 3. The third kappa shape index (κ3) is 3.33. The lowest BCUT2D eigenvalue weighted by molar-refractivity contribution is -0.121. The summed E-state index contributed by atoms with van der Waals surface area (Å²) in [6, 6.07) is 3.51. The van der Waals surface area contributed by atoms with Crippen LogP contribution >= 0.6 is 11.6 Å². The van der Waals surface area contributed by atoms with Crippen molar-refractivity contribution in [3.05, 3.63) is 29.7 Å². The predicted molar refractivity (Wildman–Crippen MR) is 76.2 cm³/mol. The molecule has 0 aliphatic heterocycles. The Kier molecular flexibility index (Phi) is 4.34. The first kappa shape index (κ1) is 14.5. The van der Waals surface area contributed by atoms with Crippen LogP contribution in [0.3, 0.4) is 0 Å². The number of pyridine rings is 1. The molecule has 2 unspecified atom stereocenters. The molecule has 0 fully saturated rings. The fourth-order valence-corrected chi connectivity index (χ4v) is 1.70. The summed E-state index contributed by atoms with van der Waals surface area (Å²) in [5.74, 6) is 0.823. The largest absolute Gasteiger partial charge is 0.345 e. The van der Waals surface area contributed by atoms with Crippen LogP contribution in [0, 0.1) is 6.92 Å². The Labute approximate surface area is 122 Å². The normalized spacial score (nSPS) is 13.8. The van der Waals surface area contributed by atoms with Crippen molar-refractivity contribution in [3.63, 3.8) is 0 Å². The van der Waals surface area contributed by atoms with E-state index in [1.54, 1.807) is 13.1 Å². The van der Waals surface area contributed by atoms with Gasteiger partial charge in [0.1, 0.15) is 16.9 Å². The number of alkyl halides is 1. The molecule has 2 aromatic heterocycles. The Balaban J connectivity index is 2.14. The van der Waals surface area contributed by atoms with Crippen LogP contribution in [-0.2, 0) is 4.79 Å². The number of hydrogen-bond donors (Lipinski definition) is 2. The van der Waals surface area contributed by atoms with Crippen molar-refractivity contribution in [3.8, 4) is 11.5 Å². The van der Waals surface area contributed by atoms with E-state index in [0.29, 0.717) is 17.3 Å². The molecule has 0 bridgehead atoms. The van der Waals surface area contributed by atoms with Gasteiger partial charge in [-0.25, -0.2) is 4.98 Å². The fourth-order valence-electron chi connectivity index (χ4n) is 1.64. The number of amides is 1. The second-order valence-electron chi connectivity index (χ2n) is 4.61. The summed E-state index contributed by atoms with van der Waals surface area (Å²) in [6.07, 6.45) is 1.71. The summed E-state index contributed by atoms with van der Waals surface area (Å²) in [5, 5.41) is 9.09. The van der Waals surface area contributed by atoms with Gasteiger partial charge in [-0.05, 0) is 38.5 Å². The molecule has 0 aliphatic rings. The number of halogens is 1. The van der Waals surface area contributed by atoms with E-state index in [1.165, 1.54) is 0 Å². The summed E-state index contributed by atoms with van der Waals surface area (Å²) in [7, 11) is 0. The maximum atomic E-state index is 11.5. The molecule has 6 nitrogen and oxygen atoms in total. The molecule has 0 aromatic carbocycles. The second-order valence-corrected chi connectivity index (χ2v) is 5.26. The lowest BCUT2D eigenvalue weighted by atomic mass is 10.2. The Hall–Kier alpha value is -1.95. The molecule has 0 saturated carbocycles. The van der Waals surface area contributed by atoms with Crippen molar-refractivity contribution in [2.24, 2.45) is 0 Å². The van der Waals surface area contributed by atoms with Crippen LogP contribution in [0.5, 0.6) is 0 Å². The van der Waals surface area contributed by atoms with Crippen molar-refractivity contribution in [2.75, 3.05) is 0 Å². The number of nitrogens with one attached hydrogen (secondary N) is 2. The topological polar surface area (TPSA) is 83.6 Å². The maximum Gasteiger partial charge on any atom is 0.238 e. The minimum atomic E-state index is -0.585.